The van der Waals surface area contributed by atoms with Gasteiger partial charge in [0.05, 0.1) is 11.3 Å². The van der Waals surface area contributed by atoms with E-state index in [1.807, 2.05) is 5.38 Å². The average molecular weight is 375 g/mol. The first-order valence-corrected chi connectivity index (χ1v) is 9.27. The van der Waals surface area contributed by atoms with Gasteiger partial charge in [-0.3, -0.25) is 14.7 Å². The number of amides is 1. The molecule has 0 saturated heterocycles. The molecule has 1 N–H and O–H groups in total. The van der Waals surface area contributed by atoms with E-state index in [-0.39, 0.29) is 5.91 Å². The first-order valence-electron chi connectivity index (χ1n) is 8.39. The average Bonchev–Trinajstić information content (AvgIpc) is 3.36. The van der Waals surface area contributed by atoms with Gasteiger partial charge in [0.2, 0.25) is 0 Å². The van der Waals surface area contributed by atoms with Crippen LogP contribution < -0.4 is 5.32 Å². The number of carbonyl (C=O) groups excluding carboxylic acids is 1. The molecular formula is C20H17N5OS. The van der Waals surface area contributed by atoms with E-state index in [4.69, 9.17) is 0 Å². The van der Waals surface area contributed by atoms with Crippen molar-refractivity contribution in [3.63, 3.8) is 0 Å². The van der Waals surface area contributed by atoms with Crippen molar-refractivity contribution < 1.29 is 4.79 Å². The molecule has 134 valence electrons. The Hall–Kier alpha value is -3.32. The lowest BCUT2D eigenvalue weighted by Crippen LogP contribution is -2.12. The maximum absolute atomic E-state index is 12.5. The molecule has 27 heavy (non-hydrogen) atoms. The molecule has 0 bridgehead atoms. The predicted molar refractivity (Wildman–Crippen MR) is 106 cm³/mol. The van der Waals surface area contributed by atoms with Gasteiger partial charge in [0, 0.05) is 29.5 Å². The van der Waals surface area contributed by atoms with Crippen molar-refractivity contribution in [2.75, 3.05) is 5.32 Å². The van der Waals surface area contributed by atoms with Gasteiger partial charge in [-0.15, -0.1) is 11.3 Å². The molecule has 4 rings (SSSR count). The molecule has 3 heterocycles. The number of imidazole rings is 1. The molecule has 0 spiro atoms. The van der Waals surface area contributed by atoms with Crippen LogP contribution in [-0.2, 0) is 0 Å². The summed E-state index contributed by atoms with van der Waals surface area (Å²) in [7, 11) is 0. The molecule has 0 aliphatic rings. The first-order chi connectivity index (χ1) is 13.1. The fraction of sp³-hybridized carbons (Fsp3) is 0.100. The number of aryl methyl sites for hydroxylation is 2. The van der Waals surface area contributed by atoms with E-state index in [1.54, 1.807) is 41.6 Å². The molecule has 0 saturated carbocycles. The van der Waals surface area contributed by atoms with Crippen molar-refractivity contribution in [3.8, 4) is 17.1 Å². The Morgan fingerprint density at radius 3 is 2.81 bits per heavy atom. The number of hydrogen-bond acceptors (Lipinski definition) is 5. The summed E-state index contributed by atoms with van der Waals surface area (Å²) in [6.45, 7) is 4.11. The second kappa shape index (κ2) is 7.13. The minimum Gasteiger partial charge on any atom is -0.298 e. The molecule has 3 aromatic heterocycles. The number of rotatable bonds is 4. The van der Waals surface area contributed by atoms with Crippen molar-refractivity contribution >= 4 is 22.4 Å². The molecule has 0 fully saturated rings. The number of nitrogens with one attached hydrogen (secondary N) is 1. The summed E-state index contributed by atoms with van der Waals surface area (Å²) in [5.74, 6) is 0.469. The Bertz CT molecular complexity index is 1080. The number of anilines is 1. The zero-order valence-corrected chi connectivity index (χ0v) is 15.7. The number of thiazole rings is 1. The predicted octanol–water partition coefficient (Wildman–Crippen LogP) is 4.26. The van der Waals surface area contributed by atoms with Crippen molar-refractivity contribution in [2.45, 2.75) is 13.8 Å². The highest BCUT2D eigenvalue weighted by molar-refractivity contribution is 7.14. The lowest BCUT2D eigenvalue weighted by atomic mass is 10.0. The molecule has 4 aromatic rings. The largest absolute Gasteiger partial charge is 0.298 e. The van der Waals surface area contributed by atoms with Crippen molar-refractivity contribution in [2.24, 2.45) is 0 Å². The van der Waals surface area contributed by atoms with Crippen molar-refractivity contribution in [1.82, 2.24) is 19.5 Å². The molecule has 7 heteroatoms. The SMILES string of the molecule is Cc1ccc(C)c(-c2csc(NC(=O)c3ccc(-n4ccnc4)nc3)n2)c1. The smallest absolute Gasteiger partial charge is 0.259 e. The normalized spacial score (nSPS) is 10.7. The first kappa shape index (κ1) is 17.1. The maximum Gasteiger partial charge on any atom is 0.259 e. The molecule has 0 aliphatic heterocycles. The third-order valence-corrected chi connectivity index (χ3v) is 4.93. The van der Waals surface area contributed by atoms with Crippen LogP contribution in [-0.4, -0.2) is 25.4 Å². The third-order valence-electron chi connectivity index (χ3n) is 4.17. The van der Waals surface area contributed by atoms with Crippen LogP contribution in [0.5, 0.6) is 0 Å². The Kier molecular flexibility index (Phi) is 4.52. The molecule has 0 unspecified atom stereocenters. The van der Waals surface area contributed by atoms with Gasteiger partial charge in [-0.1, -0.05) is 17.7 Å². The van der Waals surface area contributed by atoms with Crippen molar-refractivity contribution in [1.29, 1.82) is 0 Å². The number of hydrogen-bond donors (Lipinski definition) is 1. The molecule has 1 amide bonds. The van der Waals surface area contributed by atoms with E-state index in [0.717, 1.165) is 16.8 Å². The highest BCUT2D eigenvalue weighted by Gasteiger charge is 2.12. The van der Waals surface area contributed by atoms with Crippen LogP contribution in [0, 0.1) is 13.8 Å². The van der Waals surface area contributed by atoms with Crippen LogP contribution in [0.1, 0.15) is 21.5 Å². The van der Waals surface area contributed by atoms with E-state index in [2.05, 4.69) is 52.3 Å². The maximum atomic E-state index is 12.5. The van der Waals surface area contributed by atoms with Gasteiger partial charge in [0.25, 0.3) is 5.91 Å². The fourth-order valence-electron chi connectivity index (χ4n) is 2.70. The van der Waals surface area contributed by atoms with Gasteiger partial charge < -0.3 is 0 Å². The summed E-state index contributed by atoms with van der Waals surface area (Å²) < 4.78 is 1.78. The van der Waals surface area contributed by atoms with E-state index in [1.165, 1.54) is 16.9 Å². The van der Waals surface area contributed by atoms with Gasteiger partial charge in [-0.2, -0.15) is 0 Å². The Labute approximate surface area is 160 Å². The Morgan fingerprint density at radius 2 is 2.07 bits per heavy atom. The third kappa shape index (κ3) is 3.63. The molecule has 1 aromatic carbocycles. The van der Waals surface area contributed by atoms with Crippen LogP contribution in [0.15, 0.2) is 60.6 Å². The van der Waals surface area contributed by atoms with Crippen LogP contribution in [0.25, 0.3) is 17.1 Å². The summed E-state index contributed by atoms with van der Waals surface area (Å²) in [6.07, 6.45) is 6.68. The van der Waals surface area contributed by atoms with E-state index in [0.29, 0.717) is 16.5 Å². The van der Waals surface area contributed by atoms with Crippen LogP contribution in [0.2, 0.25) is 0 Å². The lowest BCUT2D eigenvalue weighted by Gasteiger charge is -2.05. The quantitative estimate of drug-likeness (QED) is 0.578. The van der Waals surface area contributed by atoms with Gasteiger partial charge in [-0.05, 0) is 37.6 Å². The second-order valence-corrected chi connectivity index (χ2v) is 7.04. The number of aromatic nitrogens is 4. The van der Waals surface area contributed by atoms with E-state index < -0.39 is 0 Å². The lowest BCUT2D eigenvalue weighted by molar-refractivity contribution is 0.102. The van der Waals surface area contributed by atoms with Crippen LogP contribution in [0.4, 0.5) is 5.13 Å². The summed E-state index contributed by atoms with van der Waals surface area (Å²) >= 11 is 1.41. The van der Waals surface area contributed by atoms with Crippen LogP contribution in [0.3, 0.4) is 0 Å². The highest BCUT2D eigenvalue weighted by atomic mass is 32.1. The number of nitrogens with zero attached hydrogens (tertiary/aromatic N) is 4. The van der Waals surface area contributed by atoms with Crippen LogP contribution >= 0.6 is 11.3 Å². The number of pyridine rings is 1. The zero-order valence-electron chi connectivity index (χ0n) is 14.9. The minimum absolute atomic E-state index is 0.235. The van der Waals surface area contributed by atoms with Gasteiger partial charge in [-0.25, -0.2) is 15.0 Å². The monoisotopic (exact) mass is 375 g/mol. The van der Waals surface area contributed by atoms with Gasteiger partial charge >= 0.3 is 0 Å². The minimum atomic E-state index is -0.235. The molecule has 0 aliphatic carbocycles. The second-order valence-electron chi connectivity index (χ2n) is 6.19. The van der Waals surface area contributed by atoms with E-state index >= 15 is 0 Å². The number of benzene rings is 1. The summed E-state index contributed by atoms with van der Waals surface area (Å²) in [5.41, 5.74) is 4.76. The zero-order chi connectivity index (χ0) is 18.8. The molecular weight excluding hydrogens is 358 g/mol. The van der Waals surface area contributed by atoms with E-state index in [9.17, 15) is 4.79 Å². The summed E-state index contributed by atoms with van der Waals surface area (Å²) in [6, 6.07) is 9.77. The van der Waals surface area contributed by atoms with Gasteiger partial charge in [0.15, 0.2) is 5.13 Å². The van der Waals surface area contributed by atoms with Crippen molar-refractivity contribution in [3.05, 3.63) is 77.3 Å². The Morgan fingerprint density at radius 1 is 1.19 bits per heavy atom. The number of carbonyl (C=O) groups is 1. The topological polar surface area (TPSA) is 72.7 Å². The summed E-state index contributed by atoms with van der Waals surface area (Å²) in [4.78, 5) is 25.3. The standard InChI is InChI=1S/C20H17N5OS/c1-13-3-4-14(2)16(9-13)17-11-27-20(23-17)24-19(26)15-5-6-18(22-10-15)25-8-7-21-12-25/h3-12H,1-2H3,(H,23,24,26). The molecule has 0 radical (unpaired) electrons. The molecule has 6 nitrogen and oxygen atoms in total. The fourth-order valence-corrected chi connectivity index (χ4v) is 3.41. The summed E-state index contributed by atoms with van der Waals surface area (Å²) in [5, 5.41) is 5.37. The van der Waals surface area contributed by atoms with Gasteiger partial charge in [0.1, 0.15) is 12.1 Å². The Balaban J connectivity index is 1.50. The highest BCUT2D eigenvalue weighted by Crippen LogP contribution is 2.28. The molecule has 0 atom stereocenters.